The van der Waals surface area contributed by atoms with Crippen LogP contribution in [0.15, 0.2) is 0 Å². The van der Waals surface area contributed by atoms with Crippen molar-refractivity contribution < 1.29 is 4.74 Å². The summed E-state index contributed by atoms with van der Waals surface area (Å²) in [5.41, 5.74) is 6.64. The molecule has 2 unspecified atom stereocenters. The minimum Gasteiger partial charge on any atom is -0.377 e. The Labute approximate surface area is 105 Å². The first-order valence-electron chi connectivity index (χ1n) is 7.68. The van der Waals surface area contributed by atoms with Crippen molar-refractivity contribution in [2.45, 2.75) is 76.4 Å². The highest BCUT2D eigenvalue weighted by Gasteiger charge is 2.55. The van der Waals surface area contributed by atoms with Crippen LogP contribution < -0.4 is 5.73 Å². The van der Waals surface area contributed by atoms with Crippen LogP contribution in [0.1, 0.15) is 64.2 Å². The number of rotatable bonds is 3. The molecule has 3 saturated carbocycles. The molecule has 2 nitrogen and oxygen atoms in total. The van der Waals surface area contributed by atoms with Crippen LogP contribution >= 0.6 is 0 Å². The van der Waals surface area contributed by atoms with Gasteiger partial charge in [-0.15, -0.1) is 0 Å². The second kappa shape index (κ2) is 4.89. The minimum absolute atomic E-state index is 0.397. The lowest BCUT2D eigenvalue weighted by atomic mass is 9.61. The Morgan fingerprint density at radius 2 is 1.71 bits per heavy atom. The third-order valence-corrected chi connectivity index (χ3v) is 5.64. The van der Waals surface area contributed by atoms with E-state index in [9.17, 15) is 0 Å². The molecule has 0 radical (unpaired) electrons. The van der Waals surface area contributed by atoms with Gasteiger partial charge in [0, 0.05) is 18.1 Å². The Morgan fingerprint density at radius 3 is 2.35 bits per heavy atom. The monoisotopic (exact) mass is 237 g/mol. The third kappa shape index (κ3) is 2.15. The molecule has 2 N–H and O–H groups in total. The average molecular weight is 237 g/mol. The zero-order chi connectivity index (χ0) is 11.7. The summed E-state index contributed by atoms with van der Waals surface area (Å²) in [5.74, 6) is 0.846. The van der Waals surface area contributed by atoms with Crippen molar-refractivity contribution in [2.24, 2.45) is 17.1 Å². The van der Waals surface area contributed by atoms with Gasteiger partial charge in [0.25, 0.3) is 0 Å². The van der Waals surface area contributed by atoms with Gasteiger partial charge in [0.1, 0.15) is 0 Å². The lowest BCUT2D eigenvalue weighted by Gasteiger charge is -2.52. The second-order valence-corrected chi connectivity index (χ2v) is 6.61. The Bertz CT molecular complexity index is 254. The maximum absolute atomic E-state index is 6.25. The van der Waals surface area contributed by atoms with Crippen LogP contribution in [0, 0.1) is 11.3 Å². The van der Waals surface area contributed by atoms with Crippen LogP contribution in [0.4, 0.5) is 0 Å². The molecule has 0 aliphatic heterocycles. The van der Waals surface area contributed by atoms with Gasteiger partial charge < -0.3 is 10.5 Å². The summed E-state index contributed by atoms with van der Waals surface area (Å²) >= 11 is 0. The highest BCUT2D eigenvalue weighted by atomic mass is 16.5. The maximum atomic E-state index is 6.25. The van der Waals surface area contributed by atoms with E-state index in [-0.39, 0.29) is 0 Å². The summed E-state index contributed by atoms with van der Waals surface area (Å²) in [5, 5.41) is 0. The van der Waals surface area contributed by atoms with E-state index >= 15 is 0 Å². The Hall–Kier alpha value is -0.0800. The second-order valence-electron chi connectivity index (χ2n) is 6.61. The third-order valence-electron chi connectivity index (χ3n) is 5.64. The van der Waals surface area contributed by atoms with Gasteiger partial charge in [-0.2, -0.15) is 0 Å². The maximum Gasteiger partial charge on any atom is 0.0661 e. The predicted molar refractivity (Wildman–Crippen MR) is 69.8 cm³/mol. The van der Waals surface area contributed by atoms with Gasteiger partial charge in [0.15, 0.2) is 0 Å². The fourth-order valence-corrected chi connectivity index (χ4v) is 4.34. The molecule has 0 amide bonds. The zero-order valence-electron chi connectivity index (χ0n) is 11.0. The van der Waals surface area contributed by atoms with Crippen LogP contribution in [0.5, 0.6) is 0 Å². The van der Waals surface area contributed by atoms with Crippen LogP contribution in [-0.4, -0.2) is 18.8 Å². The normalized spacial score (nSPS) is 37.2. The van der Waals surface area contributed by atoms with Crippen LogP contribution in [-0.2, 0) is 4.74 Å². The quantitative estimate of drug-likeness (QED) is 0.818. The zero-order valence-corrected chi connectivity index (χ0v) is 11.0. The van der Waals surface area contributed by atoms with E-state index in [1.165, 1.54) is 57.8 Å². The van der Waals surface area contributed by atoms with Crippen molar-refractivity contribution in [1.82, 2.24) is 0 Å². The molecule has 0 aromatic rings. The smallest absolute Gasteiger partial charge is 0.0661 e. The highest BCUT2D eigenvalue weighted by molar-refractivity contribution is 5.08. The molecule has 0 aromatic heterocycles. The molecule has 17 heavy (non-hydrogen) atoms. The van der Waals surface area contributed by atoms with E-state index in [1.807, 2.05) is 0 Å². The van der Waals surface area contributed by atoms with Crippen LogP contribution in [0.3, 0.4) is 0 Å². The summed E-state index contributed by atoms with van der Waals surface area (Å²) in [6.07, 6.45) is 14.1. The standard InChI is InChI=1S/C15H27NO/c16-13-10-14(15(13)8-4-5-9-15)17-11-12-6-2-1-3-7-12/h12-14H,1-11,16H2. The van der Waals surface area contributed by atoms with Crippen molar-refractivity contribution in [3.8, 4) is 0 Å². The first-order valence-corrected chi connectivity index (χ1v) is 7.68. The summed E-state index contributed by atoms with van der Waals surface area (Å²) in [7, 11) is 0. The molecule has 1 spiro atoms. The first kappa shape index (κ1) is 12.0. The molecule has 3 aliphatic rings. The summed E-state index contributed by atoms with van der Waals surface area (Å²) in [6, 6.07) is 0.432. The topological polar surface area (TPSA) is 35.2 Å². The van der Waals surface area contributed by atoms with Crippen molar-refractivity contribution >= 4 is 0 Å². The molecule has 0 bridgehead atoms. The van der Waals surface area contributed by atoms with Gasteiger partial charge in [-0.1, -0.05) is 32.1 Å². The van der Waals surface area contributed by atoms with Gasteiger partial charge >= 0.3 is 0 Å². The molecule has 0 saturated heterocycles. The lowest BCUT2D eigenvalue weighted by Crippen LogP contribution is -2.61. The number of hydrogen-bond donors (Lipinski definition) is 1. The van der Waals surface area contributed by atoms with Crippen molar-refractivity contribution in [1.29, 1.82) is 0 Å². The summed E-state index contributed by atoms with van der Waals surface area (Å²) < 4.78 is 6.25. The number of ether oxygens (including phenoxy) is 1. The van der Waals surface area contributed by atoms with Gasteiger partial charge in [-0.05, 0) is 38.0 Å². The molecular weight excluding hydrogens is 210 g/mol. The van der Waals surface area contributed by atoms with Crippen molar-refractivity contribution in [3.05, 3.63) is 0 Å². The molecule has 3 aliphatic carbocycles. The fraction of sp³-hybridized carbons (Fsp3) is 1.00. The molecule has 3 fully saturated rings. The van der Waals surface area contributed by atoms with E-state index in [0.29, 0.717) is 17.6 Å². The molecule has 0 aromatic carbocycles. The van der Waals surface area contributed by atoms with Gasteiger partial charge in [0.05, 0.1) is 6.10 Å². The molecule has 3 rings (SSSR count). The molecular formula is C15H27NO. The number of nitrogens with two attached hydrogens (primary N) is 1. The Morgan fingerprint density at radius 1 is 1.00 bits per heavy atom. The lowest BCUT2D eigenvalue weighted by molar-refractivity contribution is -0.133. The molecule has 0 heterocycles. The van der Waals surface area contributed by atoms with E-state index in [1.54, 1.807) is 0 Å². The molecule has 2 heteroatoms. The van der Waals surface area contributed by atoms with E-state index in [0.717, 1.165) is 18.9 Å². The van der Waals surface area contributed by atoms with Crippen molar-refractivity contribution in [2.75, 3.05) is 6.61 Å². The van der Waals surface area contributed by atoms with Crippen molar-refractivity contribution in [3.63, 3.8) is 0 Å². The Balaban J connectivity index is 1.49. The predicted octanol–water partition coefficient (Wildman–Crippen LogP) is 3.24. The average Bonchev–Trinajstić information content (AvgIpc) is 2.88. The van der Waals surface area contributed by atoms with Gasteiger partial charge in [0.2, 0.25) is 0 Å². The van der Waals surface area contributed by atoms with Crippen LogP contribution in [0.2, 0.25) is 0 Å². The van der Waals surface area contributed by atoms with E-state index < -0.39 is 0 Å². The molecule has 98 valence electrons. The largest absolute Gasteiger partial charge is 0.377 e. The first-order chi connectivity index (χ1) is 8.31. The number of hydrogen-bond acceptors (Lipinski definition) is 2. The van der Waals surface area contributed by atoms with Gasteiger partial charge in [-0.25, -0.2) is 0 Å². The minimum atomic E-state index is 0.397. The Kier molecular flexibility index (Phi) is 3.45. The van der Waals surface area contributed by atoms with E-state index in [2.05, 4.69) is 0 Å². The summed E-state index contributed by atoms with van der Waals surface area (Å²) in [4.78, 5) is 0. The van der Waals surface area contributed by atoms with Gasteiger partial charge in [-0.3, -0.25) is 0 Å². The fourth-order valence-electron chi connectivity index (χ4n) is 4.34. The highest BCUT2D eigenvalue weighted by Crippen LogP contribution is 2.53. The van der Waals surface area contributed by atoms with E-state index in [4.69, 9.17) is 10.5 Å². The summed E-state index contributed by atoms with van der Waals surface area (Å²) in [6.45, 7) is 1.01. The SMILES string of the molecule is NC1CC(OCC2CCCCC2)C12CCCC2. The molecule has 2 atom stereocenters. The van der Waals surface area contributed by atoms with Crippen LogP contribution in [0.25, 0.3) is 0 Å².